The number of ether oxygens (including phenoxy) is 1. The third kappa shape index (κ3) is 3.05. The molecular weight excluding hydrogens is 314 g/mol. The molecule has 0 fully saturated rings. The first kappa shape index (κ1) is 15.5. The molecule has 2 heterocycles. The van der Waals surface area contributed by atoms with Gasteiger partial charge in [-0.1, -0.05) is 23.7 Å². The Morgan fingerprint density at radius 1 is 1.35 bits per heavy atom. The molecule has 0 unspecified atom stereocenters. The molecule has 0 spiro atoms. The van der Waals surface area contributed by atoms with E-state index < -0.39 is 5.97 Å². The zero-order valence-electron chi connectivity index (χ0n) is 13.1. The Morgan fingerprint density at radius 2 is 2.13 bits per heavy atom. The number of hydrogen-bond acceptors (Lipinski definition) is 4. The highest BCUT2D eigenvalue weighted by molar-refractivity contribution is 6.30. The standard InChI is InChI=1S/C17H16ClN3O2/c1-10-4-5-12-6-13(16(18)20-15(12)11(10)2)9-23-17(22)14-7-19-21(3)8-14/h4-8H,9H2,1-3H3. The van der Waals surface area contributed by atoms with Gasteiger partial charge >= 0.3 is 5.97 Å². The number of rotatable bonds is 3. The van der Waals surface area contributed by atoms with Gasteiger partial charge in [-0.15, -0.1) is 0 Å². The van der Waals surface area contributed by atoms with Gasteiger partial charge in [0.15, 0.2) is 0 Å². The van der Waals surface area contributed by atoms with E-state index in [2.05, 4.69) is 10.1 Å². The molecule has 6 heteroatoms. The zero-order valence-corrected chi connectivity index (χ0v) is 13.9. The van der Waals surface area contributed by atoms with Crippen LogP contribution in [0.25, 0.3) is 10.9 Å². The van der Waals surface area contributed by atoms with E-state index in [0.29, 0.717) is 16.3 Å². The fraction of sp³-hybridized carbons (Fsp3) is 0.235. The highest BCUT2D eigenvalue weighted by Crippen LogP contribution is 2.25. The summed E-state index contributed by atoms with van der Waals surface area (Å²) in [4.78, 5) is 16.4. The van der Waals surface area contributed by atoms with Gasteiger partial charge in [-0.3, -0.25) is 4.68 Å². The van der Waals surface area contributed by atoms with Crippen molar-refractivity contribution in [1.29, 1.82) is 0 Å². The first-order valence-electron chi connectivity index (χ1n) is 7.17. The molecule has 23 heavy (non-hydrogen) atoms. The van der Waals surface area contributed by atoms with Crippen LogP contribution in [0.1, 0.15) is 27.0 Å². The van der Waals surface area contributed by atoms with Gasteiger partial charge in [-0.25, -0.2) is 9.78 Å². The Morgan fingerprint density at radius 3 is 2.83 bits per heavy atom. The largest absolute Gasteiger partial charge is 0.457 e. The van der Waals surface area contributed by atoms with Crippen LogP contribution in [0.2, 0.25) is 5.15 Å². The fourth-order valence-electron chi connectivity index (χ4n) is 2.36. The van der Waals surface area contributed by atoms with E-state index >= 15 is 0 Å². The number of fused-ring (bicyclic) bond motifs is 1. The van der Waals surface area contributed by atoms with Crippen molar-refractivity contribution in [3.05, 3.63) is 58.0 Å². The number of pyridine rings is 1. The van der Waals surface area contributed by atoms with E-state index in [9.17, 15) is 4.79 Å². The van der Waals surface area contributed by atoms with Crippen molar-refractivity contribution in [1.82, 2.24) is 14.8 Å². The Kier molecular flexibility index (Phi) is 4.05. The number of aryl methyl sites for hydroxylation is 3. The maximum atomic E-state index is 12.0. The second-order valence-corrected chi connectivity index (χ2v) is 5.85. The smallest absolute Gasteiger partial charge is 0.341 e. The normalized spacial score (nSPS) is 11.0. The van der Waals surface area contributed by atoms with E-state index in [1.165, 1.54) is 6.20 Å². The van der Waals surface area contributed by atoms with Gasteiger partial charge in [0.25, 0.3) is 0 Å². The van der Waals surface area contributed by atoms with E-state index in [4.69, 9.17) is 16.3 Å². The summed E-state index contributed by atoms with van der Waals surface area (Å²) in [6.07, 6.45) is 3.07. The molecule has 2 aromatic heterocycles. The van der Waals surface area contributed by atoms with Gasteiger partial charge in [0.05, 0.1) is 17.3 Å². The van der Waals surface area contributed by atoms with Crippen LogP contribution in [0.5, 0.6) is 0 Å². The Labute approximate surface area is 138 Å². The van der Waals surface area contributed by atoms with Crippen LogP contribution in [0.4, 0.5) is 0 Å². The maximum absolute atomic E-state index is 12.0. The molecule has 0 N–H and O–H groups in total. The van der Waals surface area contributed by atoms with Crippen LogP contribution in [0.15, 0.2) is 30.6 Å². The summed E-state index contributed by atoms with van der Waals surface area (Å²) in [5, 5.41) is 5.28. The Balaban J connectivity index is 1.84. The van der Waals surface area contributed by atoms with Crippen molar-refractivity contribution in [2.45, 2.75) is 20.5 Å². The van der Waals surface area contributed by atoms with Gasteiger partial charge in [-0.05, 0) is 31.0 Å². The number of halogens is 1. The van der Waals surface area contributed by atoms with E-state index in [1.807, 2.05) is 32.0 Å². The molecule has 0 amide bonds. The molecule has 3 aromatic rings. The number of carbonyl (C=O) groups is 1. The van der Waals surface area contributed by atoms with E-state index in [0.717, 1.165) is 22.0 Å². The van der Waals surface area contributed by atoms with Crippen molar-refractivity contribution in [2.75, 3.05) is 0 Å². The molecule has 0 radical (unpaired) electrons. The minimum Gasteiger partial charge on any atom is -0.457 e. The zero-order chi connectivity index (χ0) is 16.6. The summed E-state index contributed by atoms with van der Waals surface area (Å²) in [5.41, 5.74) is 4.22. The predicted molar refractivity (Wildman–Crippen MR) is 88.6 cm³/mol. The molecule has 0 saturated carbocycles. The summed E-state index contributed by atoms with van der Waals surface area (Å²) < 4.78 is 6.84. The lowest BCUT2D eigenvalue weighted by molar-refractivity contribution is 0.0472. The van der Waals surface area contributed by atoms with Gasteiger partial charge in [-0.2, -0.15) is 5.10 Å². The van der Waals surface area contributed by atoms with E-state index in [-0.39, 0.29) is 6.61 Å². The minimum absolute atomic E-state index is 0.0719. The van der Waals surface area contributed by atoms with Crippen molar-refractivity contribution >= 4 is 28.5 Å². The van der Waals surface area contributed by atoms with Crippen LogP contribution < -0.4 is 0 Å². The average Bonchev–Trinajstić information content (AvgIpc) is 2.96. The Hall–Kier alpha value is -2.40. The number of benzene rings is 1. The van der Waals surface area contributed by atoms with Gasteiger partial charge in [0.1, 0.15) is 11.8 Å². The second kappa shape index (κ2) is 6.01. The quantitative estimate of drug-likeness (QED) is 0.544. The summed E-state index contributed by atoms with van der Waals surface area (Å²) in [5.74, 6) is -0.436. The number of esters is 1. The van der Waals surface area contributed by atoms with Crippen LogP contribution in [0.3, 0.4) is 0 Å². The molecule has 0 atom stereocenters. The summed E-state index contributed by atoms with van der Waals surface area (Å²) in [7, 11) is 1.74. The molecule has 3 rings (SSSR count). The molecule has 0 bridgehead atoms. The van der Waals surface area contributed by atoms with Crippen LogP contribution in [-0.4, -0.2) is 20.7 Å². The van der Waals surface area contributed by atoms with Crippen LogP contribution >= 0.6 is 11.6 Å². The number of nitrogens with zero attached hydrogens (tertiary/aromatic N) is 3. The lowest BCUT2D eigenvalue weighted by atomic mass is 10.0. The second-order valence-electron chi connectivity index (χ2n) is 5.50. The van der Waals surface area contributed by atoms with Crippen molar-refractivity contribution in [3.63, 3.8) is 0 Å². The number of hydrogen-bond donors (Lipinski definition) is 0. The predicted octanol–water partition coefficient (Wildman–Crippen LogP) is 3.60. The molecule has 0 aliphatic rings. The Bertz CT molecular complexity index is 902. The minimum atomic E-state index is -0.436. The number of aromatic nitrogens is 3. The maximum Gasteiger partial charge on any atom is 0.341 e. The SMILES string of the molecule is Cc1ccc2cc(COC(=O)c3cnn(C)c3)c(Cl)nc2c1C. The van der Waals surface area contributed by atoms with Crippen molar-refractivity contribution < 1.29 is 9.53 Å². The monoisotopic (exact) mass is 329 g/mol. The van der Waals surface area contributed by atoms with Crippen molar-refractivity contribution in [2.24, 2.45) is 7.05 Å². The first-order valence-corrected chi connectivity index (χ1v) is 7.54. The molecule has 1 aromatic carbocycles. The summed E-state index contributed by atoms with van der Waals surface area (Å²) >= 11 is 6.24. The molecule has 118 valence electrons. The third-order valence-electron chi connectivity index (χ3n) is 3.84. The van der Waals surface area contributed by atoms with Gasteiger partial charge in [0.2, 0.25) is 0 Å². The first-order chi connectivity index (χ1) is 11.0. The summed E-state index contributed by atoms with van der Waals surface area (Å²) in [6, 6.07) is 5.94. The summed E-state index contributed by atoms with van der Waals surface area (Å²) in [6.45, 7) is 4.12. The van der Waals surface area contributed by atoms with Gasteiger partial charge < -0.3 is 4.74 Å². The lowest BCUT2D eigenvalue weighted by Gasteiger charge is -2.10. The van der Waals surface area contributed by atoms with E-state index in [1.54, 1.807) is 17.9 Å². The molecule has 0 saturated heterocycles. The highest BCUT2D eigenvalue weighted by Gasteiger charge is 2.13. The lowest BCUT2D eigenvalue weighted by Crippen LogP contribution is -2.05. The van der Waals surface area contributed by atoms with Crippen LogP contribution in [0, 0.1) is 13.8 Å². The average molecular weight is 330 g/mol. The highest BCUT2D eigenvalue weighted by atomic mass is 35.5. The van der Waals surface area contributed by atoms with Gasteiger partial charge in [0, 0.05) is 24.2 Å². The van der Waals surface area contributed by atoms with Crippen LogP contribution in [-0.2, 0) is 18.4 Å². The number of carbonyl (C=O) groups excluding carboxylic acids is 1. The fourth-order valence-corrected chi connectivity index (χ4v) is 2.55. The molecule has 0 aliphatic heterocycles. The molecule has 0 aliphatic carbocycles. The third-order valence-corrected chi connectivity index (χ3v) is 4.16. The molecular formula is C17H16ClN3O2. The molecule has 5 nitrogen and oxygen atoms in total. The van der Waals surface area contributed by atoms with Crippen molar-refractivity contribution in [3.8, 4) is 0 Å². The topological polar surface area (TPSA) is 57.0 Å².